The summed E-state index contributed by atoms with van der Waals surface area (Å²) in [4.78, 5) is 49.3. The van der Waals surface area contributed by atoms with E-state index in [0.717, 1.165) is 16.7 Å². The monoisotopic (exact) mass is 567 g/mol. The number of anilines is 1. The minimum Gasteiger partial charge on any atom is -0.483 e. The number of halogens is 1. The first-order valence-corrected chi connectivity index (χ1v) is 12.2. The third kappa shape index (κ3) is 5.99. The van der Waals surface area contributed by atoms with Crippen LogP contribution in [-0.4, -0.2) is 33.5 Å². The van der Waals surface area contributed by atoms with Crippen molar-refractivity contribution in [2.75, 3.05) is 11.9 Å². The lowest BCUT2D eigenvalue weighted by Gasteiger charge is -2.12. The van der Waals surface area contributed by atoms with Gasteiger partial charge in [0.2, 0.25) is 0 Å². The molecule has 3 aromatic carbocycles. The second-order valence-electron chi connectivity index (χ2n) is 7.55. The Kier molecular flexibility index (Phi) is 7.81. The van der Waals surface area contributed by atoms with Crippen LogP contribution in [0.15, 0.2) is 82.2 Å². The maximum atomic E-state index is 12.9. The fourth-order valence-electron chi connectivity index (χ4n) is 3.37. The van der Waals surface area contributed by atoms with Crippen LogP contribution in [0.3, 0.4) is 0 Å². The normalized spacial score (nSPS) is 14.2. The fraction of sp³-hybridized carbons (Fsp3) is 0.0800. The lowest BCUT2D eigenvalue weighted by Crippen LogP contribution is -2.27. The van der Waals surface area contributed by atoms with E-state index in [1.54, 1.807) is 42.5 Å². The largest absolute Gasteiger partial charge is 0.483 e. The summed E-state index contributed by atoms with van der Waals surface area (Å²) in [7, 11) is 0. The summed E-state index contributed by atoms with van der Waals surface area (Å²) >= 11 is 4.16. The minimum atomic E-state index is -0.545. The summed E-state index contributed by atoms with van der Waals surface area (Å²) < 4.78 is 6.14. The Morgan fingerprint density at radius 2 is 1.81 bits per heavy atom. The smallest absolute Gasteiger partial charge is 0.293 e. The molecule has 3 amide bonds. The molecule has 0 saturated carbocycles. The predicted octanol–water partition coefficient (Wildman–Crippen LogP) is 5.61. The highest BCUT2D eigenvalue weighted by atomic mass is 79.9. The van der Waals surface area contributed by atoms with Crippen molar-refractivity contribution in [3.05, 3.63) is 103 Å². The molecule has 0 radical (unpaired) electrons. The predicted molar refractivity (Wildman–Crippen MR) is 139 cm³/mol. The number of amides is 3. The molecule has 1 fully saturated rings. The zero-order valence-corrected chi connectivity index (χ0v) is 21.0. The molecule has 1 heterocycles. The van der Waals surface area contributed by atoms with Gasteiger partial charge in [0.15, 0.2) is 6.61 Å². The number of carbonyl (C=O) groups excluding carboxylic acids is 3. The number of benzene rings is 3. The van der Waals surface area contributed by atoms with Crippen molar-refractivity contribution in [2.45, 2.75) is 6.54 Å². The maximum absolute atomic E-state index is 12.9. The number of nitro groups is 1. The van der Waals surface area contributed by atoms with Crippen LogP contribution in [0.2, 0.25) is 0 Å². The number of nitrogens with zero attached hydrogens (tertiary/aromatic N) is 2. The van der Waals surface area contributed by atoms with Crippen LogP contribution in [0.25, 0.3) is 6.08 Å². The van der Waals surface area contributed by atoms with E-state index in [4.69, 9.17) is 4.74 Å². The zero-order valence-electron chi connectivity index (χ0n) is 18.5. The number of hydrogen-bond acceptors (Lipinski definition) is 7. The number of hydrogen-bond donors (Lipinski definition) is 1. The van der Waals surface area contributed by atoms with Crippen molar-refractivity contribution in [3.8, 4) is 5.75 Å². The van der Waals surface area contributed by atoms with Gasteiger partial charge in [-0.2, -0.15) is 0 Å². The summed E-state index contributed by atoms with van der Waals surface area (Å²) in [5.74, 6) is -0.415. The molecule has 1 saturated heterocycles. The van der Waals surface area contributed by atoms with E-state index >= 15 is 0 Å². The van der Waals surface area contributed by atoms with Gasteiger partial charge in [-0.1, -0.05) is 42.5 Å². The highest BCUT2D eigenvalue weighted by Crippen LogP contribution is 2.35. The van der Waals surface area contributed by atoms with Crippen LogP contribution in [0.4, 0.5) is 16.2 Å². The molecule has 36 heavy (non-hydrogen) atoms. The van der Waals surface area contributed by atoms with Crippen molar-refractivity contribution >= 4 is 62.2 Å². The van der Waals surface area contributed by atoms with Gasteiger partial charge in [0.1, 0.15) is 5.75 Å². The number of ether oxygens (including phenoxy) is 1. The lowest BCUT2D eigenvalue weighted by molar-refractivity contribution is -0.385. The number of para-hydroxylation sites is 2. The van der Waals surface area contributed by atoms with Crippen LogP contribution in [-0.2, 0) is 16.1 Å². The zero-order chi connectivity index (χ0) is 25.7. The van der Waals surface area contributed by atoms with Crippen LogP contribution in [0.1, 0.15) is 11.1 Å². The van der Waals surface area contributed by atoms with Gasteiger partial charge in [0, 0.05) is 17.3 Å². The molecule has 3 aromatic rings. The number of carbonyl (C=O) groups is 3. The lowest BCUT2D eigenvalue weighted by atomic mass is 10.1. The van der Waals surface area contributed by atoms with Crippen LogP contribution in [0, 0.1) is 10.1 Å². The Morgan fingerprint density at radius 3 is 2.53 bits per heavy atom. The Morgan fingerprint density at radius 1 is 1.08 bits per heavy atom. The second kappa shape index (κ2) is 11.2. The van der Waals surface area contributed by atoms with Gasteiger partial charge in [-0.25, -0.2) is 0 Å². The summed E-state index contributed by atoms with van der Waals surface area (Å²) in [6.45, 7) is -0.391. The Hall–Kier alpha value is -3.96. The standard InChI is InChI=1S/C25H18BrN3O6S/c26-19-12-16(10-11-21(19)35-15-23(30)27-18-7-2-1-3-8-18)13-22-24(31)28(25(32)36-22)14-17-6-4-5-9-20(17)29(33)34/h1-13H,14-15H2,(H,27,30)/b22-13-. The van der Waals surface area contributed by atoms with Crippen LogP contribution in [0.5, 0.6) is 5.75 Å². The van der Waals surface area contributed by atoms with Crippen molar-refractivity contribution in [2.24, 2.45) is 0 Å². The molecular weight excluding hydrogens is 550 g/mol. The number of nitro benzene ring substituents is 1. The van der Waals surface area contributed by atoms with Crippen molar-refractivity contribution in [3.63, 3.8) is 0 Å². The maximum Gasteiger partial charge on any atom is 0.293 e. The van der Waals surface area contributed by atoms with E-state index in [2.05, 4.69) is 21.2 Å². The third-order valence-electron chi connectivity index (χ3n) is 5.06. The topological polar surface area (TPSA) is 119 Å². The summed E-state index contributed by atoms with van der Waals surface area (Å²) in [6, 6.07) is 20.0. The number of nitrogens with one attached hydrogen (secondary N) is 1. The Labute approximate surface area is 218 Å². The van der Waals surface area contributed by atoms with Gasteiger partial charge in [-0.3, -0.25) is 29.4 Å². The molecule has 9 nitrogen and oxygen atoms in total. The third-order valence-corrected chi connectivity index (χ3v) is 6.59. The summed E-state index contributed by atoms with van der Waals surface area (Å²) in [5.41, 5.74) is 1.40. The molecule has 11 heteroatoms. The minimum absolute atomic E-state index is 0.155. The molecule has 4 rings (SSSR count). The van der Waals surface area contributed by atoms with E-state index in [0.29, 0.717) is 21.5 Å². The molecule has 0 aromatic heterocycles. The first-order valence-electron chi connectivity index (χ1n) is 10.6. The van der Waals surface area contributed by atoms with E-state index in [1.807, 2.05) is 18.2 Å². The quantitative estimate of drug-likeness (QED) is 0.213. The average Bonchev–Trinajstić information content (AvgIpc) is 3.11. The molecule has 0 unspecified atom stereocenters. The first kappa shape index (κ1) is 25.1. The molecule has 1 N–H and O–H groups in total. The van der Waals surface area contributed by atoms with E-state index in [1.165, 1.54) is 18.2 Å². The molecule has 182 valence electrons. The van der Waals surface area contributed by atoms with E-state index < -0.39 is 16.1 Å². The van der Waals surface area contributed by atoms with Crippen LogP contribution < -0.4 is 10.1 Å². The van der Waals surface area contributed by atoms with Crippen LogP contribution >= 0.6 is 27.7 Å². The summed E-state index contributed by atoms with van der Waals surface area (Å²) in [6.07, 6.45) is 1.56. The Balaban J connectivity index is 1.41. The molecule has 1 aliphatic rings. The van der Waals surface area contributed by atoms with Gasteiger partial charge < -0.3 is 10.1 Å². The van der Waals surface area contributed by atoms with Gasteiger partial charge >= 0.3 is 0 Å². The molecular formula is C25H18BrN3O6S. The highest BCUT2D eigenvalue weighted by molar-refractivity contribution is 9.10. The average molecular weight is 568 g/mol. The SMILES string of the molecule is O=C(COc1ccc(/C=C2\SC(=O)N(Cc3ccccc3[N+](=O)[O-])C2=O)cc1Br)Nc1ccccc1. The highest BCUT2D eigenvalue weighted by Gasteiger charge is 2.36. The fourth-order valence-corrected chi connectivity index (χ4v) is 4.72. The van der Waals surface area contributed by atoms with Crippen molar-refractivity contribution in [1.82, 2.24) is 4.90 Å². The van der Waals surface area contributed by atoms with Gasteiger partial charge in [-0.05, 0) is 63.6 Å². The Bertz CT molecular complexity index is 1380. The van der Waals surface area contributed by atoms with Gasteiger partial charge in [-0.15, -0.1) is 0 Å². The second-order valence-corrected chi connectivity index (χ2v) is 9.39. The molecule has 0 bridgehead atoms. The molecule has 0 atom stereocenters. The number of rotatable bonds is 8. The number of thioether (sulfide) groups is 1. The molecule has 1 aliphatic heterocycles. The first-order chi connectivity index (χ1) is 17.3. The van der Waals surface area contributed by atoms with Crippen molar-refractivity contribution in [1.29, 1.82) is 0 Å². The van der Waals surface area contributed by atoms with Gasteiger partial charge in [0.05, 0.1) is 20.8 Å². The summed E-state index contributed by atoms with van der Waals surface area (Å²) in [5, 5.41) is 13.5. The molecule has 0 aliphatic carbocycles. The van der Waals surface area contributed by atoms with E-state index in [-0.39, 0.29) is 35.2 Å². The van der Waals surface area contributed by atoms with E-state index in [9.17, 15) is 24.5 Å². The van der Waals surface area contributed by atoms with Gasteiger partial charge in [0.25, 0.3) is 22.7 Å². The number of imide groups is 1. The molecule has 0 spiro atoms. The van der Waals surface area contributed by atoms with Crippen molar-refractivity contribution < 1.29 is 24.0 Å².